The fourth-order valence-corrected chi connectivity index (χ4v) is 1.09. The topological polar surface area (TPSA) is 43.4 Å². The number of esters is 1. The lowest BCUT2D eigenvalue weighted by atomic mass is 10.1. The van der Waals surface area contributed by atoms with Crippen molar-refractivity contribution in [2.45, 2.75) is 13.0 Å². The smallest absolute Gasteiger partial charge is 0.375 e. The van der Waals surface area contributed by atoms with Crippen molar-refractivity contribution in [2.75, 3.05) is 0 Å². The Balaban J connectivity index is 2.78. The molecular weight excluding hydrogens is 192 g/mol. The zero-order chi connectivity index (χ0) is 11.3. The normalized spacial score (nSPS) is 11.5. The Morgan fingerprint density at radius 3 is 2.40 bits per heavy atom. The van der Waals surface area contributed by atoms with Gasteiger partial charge in [0, 0.05) is 6.92 Å². The standard InChI is InChI=1S/C12H12O3/c1-3-11(15-12(14)9(2)13)10-7-5-4-6-8-10/h3-8,11H,1H2,2H3. The molecule has 0 amide bonds. The first-order valence-electron chi connectivity index (χ1n) is 4.54. The Kier molecular flexibility index (Phi) is 3.80. The molecule has 15 heavy (non-hydrogen) atoms. The summed E-state index contributed by atoms with van der Waals surface area (Å²) < 4.78 is 4.94. The lowest BCUT2D eigenvalue weighted by Crippen LogP contribution is -2.16. The van der Waals surface area contributed by atoms with Crippen LogP contribution in [-0.4, -0.2) is 11.8 Å². The number of Topliss-reactive ketones (excluding diaryl/α,β-unsaturated/α-hetero) is 1. The first-order valence-corrected chi connectivity index (χ1v) is 4.54. The average Bonchev–Trinajstić information content (AvgIpc) is 2.26. The molecule has 0 heterocycles. The molecule has 1 atom stereocenters. The Morgan fingerprint density at radius 2 is 1.93 bits per heavy atom. The highest BCUT2D eigenvalue weighted by Gasteiger charge is 2.16. The predicted molar refractivity (Wildman–Crippen MR) is 56.2 cm³/mol. The van der Waals surface area contributed by atoms with Gasteiger partial charge < -0.3 is 4.74 Å². The summed E-state index contributed by atoms with van der Waals surface area (Å²) in [4.78, 5) is 21.8. The zero-order valence-corrected chi connectivity index (χ0v) is 8.47. The molecule has 0 saturated carbocycles. The van der Waals surface area contributed by atoms with Gasteiger partial charge in [0.25, 0.3) is 0 Å². The van der Waals surface area contributed by atoms with E-state index in [2.05, 4.69) is 6.58 Å². The number of carbonyl (C=O) groups is 2. The quantitative estimate of drug-likeness (QED) is 0.428. The Hall–Kier alpha value is -1.90. The van der Waals surface area contributed by atoms with Gasteiger partial charge in [0.2, 0.25) is 5.78 Å². The molecule has 78 valence electrons. The minimum absolute atomic E-state index is 0.567. The summed E-state index contributed by atoms with van der Waals surface area (Å²) in [5.41, 5.74) is 0.794. The second kappa shape index (κ2) is 5.10. The van der Waals surface area contributed by atoms with Crippen molar-refractivity contribution in [3.8, 4) is 0 Å². The second-order valence-electron chi connectivity index (χ2n) is 3.03. The molecule has 1 unspecified atom stereocenters. The molecule has 0 spiro atoms. The number of rotatable bonds is 4. The van der Waals surface area contributed by atoms with E-state index in [0.717, 1.165) is 5.56 Å². The predicted octanol–water partition coefficient (Wildman–Crippen LogP) is 2.05. The van der Waals surface area contributed by atoms with Crippen LogP contribution >= 0.6 is 0 Å². The van der Waals surface area contributed by atoms with Crippen LogP contribution in [-0.2, 0) is 14.3 Å². The molecule has 0 aromatic heterocycles. The molecule has 0 radical (unpaired) electrons. The van der Waals surface area contributed by atoms with Gasteiger partial charge in [-0.15, -0.1) is 0 Å². The first-order chi connectivity index (χ1) is 7.15. The summed E-state index contributed by atoms with van der Waals surface area (Å²) in [5, 5.41) is 0. The number of ether oxygens (including phenoxy) is 1. The van der Waals surface area contributed by atoms with Crippen molar-refractivity contribution in [1.29, 1.82) is 0 Å². The van der Waals surface area contributed by atoms with Gasteiger partial charge >= 0.3 is 5.97 Å². The van der Waals surface area contributed by atoms with Gasteiger partial charge in [0.15, 0.2) is 0 Å². The summed E-state index contributed by atoms with van der Waals surface area (Å²) in [6.45, 7) is 4.74. The van der Waals surface area contributed by atoms with E-state index in [4.69, 9.17) is 4.74 Å². The van der Waals surface area contributed by atoms with E-state index in [-0.39, 0.29) is 0 Å². The van der Waals surface area contributed by atoms with Gasteiger partial charge in [-0.25, -0.2) is 4.79 Å². The van der Waals surface area contributed by atoms with E-state index in [1.807, 2.05) is 18.2 Å². The van der Waals surface area contributed by atoms with Gasteiger partial charge in [0.1, 0.15) is 6.10 Å². The van der Waals surface area contributed by atoms with E-state index >= 15 is 0 Å². The molecule has 0 fully saturated rings. The van der Waals surface area contributed by atoms with Crippen molar-refractivity contribution in [1.82, 2.24) is 0 Å². The van der Waals surface area contributed by atoms with Gasteiger partial charge in [-0.05, 0) is 11.6 Å². The first kappa shape index (κ1) is 11.2. The van der Waals surface area contributed by atoms with Crippen LogP contribution < -0.4 is 0 Å². The number of hydrogen-bond donors (Lipinski definition) is 0. The second-order valence-corrected chi connectivity index (χ2v) is 3.03. The third kappa shape index (κ3) is 3.06. The monoisotopic (exact) mass is 204 g/mol. The summed E-state index contributed by atoms with van der Waals surface area (Å²) in [6.07, 6.45) is 0.915. The van der Waals surface area contributed by atoms with Gasteiger partial charge in [-0.1, -0.05) is 36.9 Å². The Morgan fingerprint density at radius 1 is 1.33 bits per heavy atom. The molecular formula is C12H12O3. The Bertz CT molecular complexity index is 368. The number of ketones is 1. The molecule has 1 aromatic carbocycles. The lowest BCUT2D eigenvalue weighted by molar-refractivity contribution is -0.155. The van der Waals surface area contributed by atoms with Crippen molar-refractivity contribution in [2.24, 2.45) is 0 Å². The molecule has 3 nitrogen and oxygen atoms in total. The van der Waals surface area contributed by atoms with Gasteiger partial charge in [0.05, 0.1) is 0 Å². The minimum atomic E-state index is -0.844. The van der Waals surface area contributed by atoms with Crippen LogP contribution in [0.4, 0.5) is 0 Å². The Labute approximate surface area is 88.4 Å². The highest BCUT2D eigenvalue weighted by atomic mass is 16.5. The summed E-state index contributed by atoms with van der Waals surface area (Å²) in [5.74, 6) is -1.46. The molecule has 0 aliphatic rings. The van der Waals surface area contributed by atoms with Crippen LogP contribution in [0.3, 0.4) is 0 Å². The van der Waals surface area contributed by atoms with Crippen molar-refractivity contribution in [3.05, 3.63) is 48.6 Å². The molecule has 1 rings (SSSR count). The highest BCUT2D eigenvalue weighted by Crippen LogP contribution is 2.17. The zero-order valence-electron chi connectivity index (χ0n) is 8.47. The molecule has 0 aliphatic carbocycles. The summed E-state index contributed by atoms with van der Waals surface area (Å²) in [7, 11) is 0. The molecule has 0 aliphatic heterocycles. The lowest BCUT2D eigenvalue weighted by Gasteiger charge is -2.12. The summed E-state index contributed by atoms with van der Waals surface area (Å²) in [6, 6.07) is 9.12. The van der Waals surface area contributed by atoms with E-state index in [9.17, 15) is 9.59 Å². The van der Waals surface area contributed by atoms with Crippen molar-refractivity contribution in [3.63, 3.8) is 0 Å². The molecule has 3 heteroatoms. The molecule has 1 aromatic rings. The fourth-order valence-electron chi connectivity index (χ4n) is 1.09. The van der Waals surface area contributed by atoms with Gasteiger partial charge in [-0.3, -0.25) is 4.79 Å². The van der Waals surface area contributed by atoms with Crippen LogP contribution in [0.15, 0.2) is 43.0 Å². The van der Waals surface area contributed by atoms with E-state index in [1.54, 1.807) is 12.1 Å². The van der Waals surface area contributed by atoms with Crippen molar-refractivity contribution >= 4 is 11.8 Å². The third-order valence-electron chi connectivity index (χ3n) is 1.86. The number of carbonyl (C=O) groups excluding carboxylic acids is 2. The van der Waals surface area contributed by atoms with E-state index in [0.29, 0.717) is 0 Å². The van der Waals surface area contributed by atoms with Crippen LogP contribution in [0.5, 0.6) is 0 Å². The molecule has 0 saturated heterocycles. The third-order valence-corrected chi connectivity index (χ3v) is 1.86. The summed E-state index contributed by atoms with van der Waals surface area (Å²) >= 11 is 0. The van der Waals surface area contributed by atoms with Crippen molar-refractivity contribution < 1.29 is 14.3 Å². The molecule has 0 N–H and O–H groups in total. The van der Waals surface area contributed by atoms with Crippen LogP contribution in [0.1, 0.15) is 18.6 Å². The number of benzene rings is 1. The maximum Gasteiger partial charge on any atom is 0.375 e. The van der Waals surface area contributed by atoms with E-state index < -0.39 is 17.9 Å². The average molecular weight is 204 g/mol. The fraction of sp³-hybridized carbons (Fsp3) is 0.167. The van der Waals surface area contributed by atoms with Crippen LogP contribution in [0.2, 0.25) is 0 Å². The number of hydrogen-bond acceptors (Lipinski definition) is 3. The highest BCUT2D eigenvalue weighted by molar-refractivity contribution is 6.32. The maximum absolute atomic E-state index is 11.1. The van der Waals surface area contributed by atoms with Crippen LogP contribution in [0, 0.1) is 0 Å². The van der Waals surface area contributed by atoms with Crippen LogP contribution in [0.25, 0.3) is 0 Å². The minimum Gasteiger partial charge on any atom is -0.447 e. The van der Waals surface area contributed by atoms with E-state index in [1.165, 1.54) is 13.0 Å². The largest absolute Gasteiger partial charge is 0.447 e. The maximum atomic E-state index is 11.1. The molecule has 0 bridgehead atoms. The van der Waals surface area contributed by atoms with Gasteiger partial charge in [-0.2, -0.15) is 0 Å². The SMILES string of the molecule is C=CC(OC(=O)C(C)=O)c1ccccc1.